The topological polar surface area (TPSA) is 68.7 Å². The molecule has 0 radical (unpaired) electrons. The van der Waals surface area contributed by atoms with E-state index in [2.05, 4.69) is 4.98 Å². The Morgan fingerprint density at radius 3 is 2.59 bits per heavy atom. The largest absolute Gasteiger partial charge is 0.486 e. The molecule has 0 atom stereocenters. The number of hydrogen-bond donors (Lipinski definition) is 0. The van der Waals surface area contributed by atoms with Crippen molar-refractivity contribution in [1.82, 2.24) is 9.88 Å². The van der Waals surface area contributed by atoms with Crippen molar-refractivity contribution in [3.63, 3.8) is 0 Å². The number of thiazole rings is 1. The zero-order chi connectivity index (χ0) is 19.2. The summed E-state index contributed by atoms with van der Waals surface area (Å²) < 4.78 is 23.6. The van der Waals surface area contributed by atoms with E-state index in [-0.39, 0.29) is 24.9 Å². The van der Waals surface area contributed by atoms with Gasteiger partial charge in [-0.2, -0.15) is 0 Å². The SMILES string of the molecule is Cc1nc(COc2ccc(F)cc2)sc1C(=O)OCC(=O)N1CCCCC1. The first kappa shape index (κ1) is 19.3. The zero-order valence-electron chi connectivity index (χ0n) is 15.1. The Labute approximate surface area is 160 Å². The number of benzene rings is 1. The highest BCUT2D eigenvalue weighted by Gasteiger charge is 2.21. The fourth-order valence-electron chi connectivity index (χ4n) is 2.81. The van der Waals surface area contributed by atoms with E-state index < -0.39 is 5.97 Å². The summed E-state index contributed by atoms with van der Waals surface area (Å²) in [5.41, 5.74) is 0.535. The lowest BCUT2D eigenvalue weighted by Gasteiger charge is -2.26. The first-order valence-corrected chi connectivity index (χ1v) is 9.64. The molecule has 1 aliphatic heterocycles. The van der Waals surface area contributed by atoms with Gasteiger partial charge in [-0.1, -0.05) is 0 Å². The molecule has 1 aromatic carbocycles. The van der Waals surface area contributed by atoms with Gasteiger partial charge in [-0.25, -0.2) is 14.2 Å². The summed E-state index contributed by atoms with van der Waals surface area (Å²) >= 11 is 1.17. The average molecular weight is 392 g/mol. The molecule has 0 N–H and O–H groups in total. The van der Waals surface area contributed by atoms with Gasteiger partial charge in [0.15, 0.2) is 6.61 Å². The zero-order valence-corrected chi connectivity index (χ0v) is 15.9. The normalized spacial score (nSPS) is 14.1. The maximum Gasteiger partial charge on any atom is 0.350 e. The second-order valence-corrected chi connectivity index (χ2v) is 7.37. The fraction of sp³-hybridized carbons (Fsp3) is 0.421. The molecule has 27 heavy (non-hydrogen) atoms. The quantitative estimate of drug-likeness (QED) is 0.706. The predicted molar refractivity (Wildman–Crippen MR) is 98.3 cm³/mol. The summed E-state index contributed by atoms with van der Waals surface area (Å²) in [6.45, 7) is 3.07. The third-order valence-corrected chi connectivity index (χ3v) is 5.35. The Bertz CT molecular complexity index is 801. The molecule has 0 spiro atoms. The van der Waals surface area contributed by atoms with Crippen molar-refractivity contribution >= 4 is 23.2 Å². The van der Waals surface area contributed by atoms with E-state index in [1.807, 2.05) is 0 Å². The van der Waals surface area contributed by atoms with Gasteiger partial charge >= 0.3 is 5.97 Å². The van der Waals surface area contributed by atoms with Crippen molar-refractivity contribution in [2.75, 3.05) is 19.7 Å². The van der Waals surface area contributed by atoms with Gasteiger partial charge in [0.25, 0.3) is 5.91 Å². The number of carbonyl (C=O) groups is 2. The van der Waals surface area contributed by atoms with Crippen LogP contribution in [0.4, 0.5) is 4.39 Å². The fourth-order valence-corrected chi connectivity index (χ4v) is 3.68. The van der Waals surface area contributed by atoms with Gasteiger partial charge in [-0.15, -0.1) is 11.3 Å². The smallest absolute Gasteiger partial charge is 0.350 e. The third-order valence-electron chi connectivity index (χ3n) is 4.24. The molecule has 1 aromatic heterocycles. The van der Waals surface area contributed by atoms with Crippen molar-refractivity contribution in [1.29, 1.82) is 0 Å². The summed E-state index contributed by atoms with van der Waals surface area (Å²) in [5, 5.41) is 0.603. The molecule has 2 aromatic rings. The first-order valence-electron chi connectivity index (χ1n) is 8.82. The van der Waals surface area contributed by atoms with Gasteiger partial charge in [0, 0.05) is 13.1 Å². The molecule has 6 nitrogen and oxygen atoms in total. The number of hydrogen-bond acceptors (Lipinski definition) is 6. The number of carbonyl (C=O) groups excluding carboxylic acids is 2. The number of halogens is 1. The molecular formula is C19H21FN2O4S. The van der Waals surface area contributed by atoms with Gasteiger partial charge in [-0.3, -0.25) is 4.79 Å². The molecule has 2 heterocycles. The van der Waals surface area contributed by atoms with Gasteiger partial charge < -0.3 is 14.4 Å². The van der Waals surface area contributed by atoms with Crippen molar-refractivity contribution in [2.24, 2.45) is 0 Å². The van der Waals surface area contributed by atoms with Crippen molar-refractivity contribution in [3.05, 3.63) is 45.7 Å². The van der Waals surface area contributed by atoms with Crippen molar-refractivity contribution in [3.8, 4) is 5.75 Å². The summed E-state index contributed by atoms with van der Waals surface area (Å²) in [4.78, 5) is 30.8. The molecule has 1 fully saturated rings. The second-order valence-electron chi connectivity index (χ2n) is 6.28. The monoisotopic (exact) mass is 392 g/mol. The highest BCUT2D eigenvalue weighted by Crippen LogP contribution is 2.21. The maximum atomic E-state index is 12.9. The molecule has 0 saturated carbocycles. The Morgan fingerprint density at radius 1 is 1.19 bits per heavy atom. The average Bonchev–Trinajstić information content (AvgIpc) is 3.07. The standard InChI is InChI=1S/C19H21FN2O4S/c1-13-18(19(24)26-12-17(23)22-9-3-2-4-10-22)27-16(21-13)11-25-15-7-5-14(20)6-8-15/h5-8H,2-4,9-12H2,1H3. The predicted octanol–water partition coefficient (Wildman–Crippen LogP) is 3.34. The summed E-state index contributed by atoms with van der Waals surface area (Å²) in [6.07, 6.45) is 3.11. The molecule has 3 rings (SSSR count). The molecule has 144 valence electrons. The van der Waals surface area contributed by atoms with Crippen LogP contribution >= 0.6 is 11.3 Å². The molecule has 0 unspecified atom stereocenters. The van der Waals surface area contributed by atoms with E-state index in [9.17, 15) is 14.0 Å². The van der Waals surface area contributed by atoms with Gasteiger partial charge in [-0.05, 0) is 50.5 Å². The van der Waals surface area contributed by atoms with Crippen LogP contribution in [0.1, 0.15) is 39.6 Å². The number of aryl methyl sites for hydroxylation is 1. The Morgan fingerprint density at radius 2 is 1.89 bits per heavy atom. The van der Waals surface area contributed by atoms with Crippen LogP contribution in [0.15, 0.2) is 24.3 Å². The lowest BCUT2D eigenvalue weighted by molar-refractivity contribution is -0.135. The van der Waals surface area contributed by atoms with E-state index >= 15 is 0 Å². The number of nitrogens with zero attached hydrogens (tertiary/aromatic N) is 2. The minimum atomic E-state index is -0.552. The third kappa shape index (κ3) is 5.26. The van der Waals surface area contributed by atoms with E-state index in [1.165, 1.54) is 35.6 Å². The first-order chi connectivity index (χ1) is 13.0. The molecule has 8 heteroatoms. The molecule has 1 amide bonds. The Hall–Kier alpha value is -2.48. The van der Waals surface area contributed by atoms with Crippen molar-refractivity contribution in [2.45, 2.75) is 32.8 Å². The number of amides is 1. The van der Waals surface area contributed by atoms with Crippen LogP contribution in [0.25, 0.3) is 0 Å². The molecule has 1 saturated heterocycles. The summed E-state index contributed by atoms with van der Waals surface area (Å²) in [7, 11) is 0. The Kier molecular flexibility index (Phi) is 6.39. The van der Waals surface area contributed by atoms with E-state index in [0.717, 1.165) is 32.4 Å². The summed E-state index contributed by atoms with van der Waals surface area (Å²) in [6, 6.07) is 5.67. The van der Waals surface area contributed by atoms with Crippen LogP contribution in [0.5, 0.6) is 5.75 Å². The number of aromatic nitrogens is 1. The number of ether oxygens (including phenoxy) is 2. The van der Waals surface area contributed by atoms with E-state index in [4.69, 9.17) is 9.47 Å². The van der Waals surface area contributed by atoms with Gasteiger partial charge in [0.2, 0.25) is 0 Å². The van der Waals surface area contributed by atoms with Gasteiger partial charge in [0.1, 0.15) is 28.1 Å². The lowest BCUT2D eigenvalue weighted by atomic mass is 10.1. The number of likely N-dealkylation sites (tertiary alicyclic amines) is 1. The highest BCUT2D eigenvalue weighted by molar-refractivity contribution is 7.13. The number of esters is 1. The second kappa shape index (κ2) is 8.94. The highest BCUT2D eigenvalue weighted by atomic mass is 32.1. The van der Waals surface area contributed by atoms with Crippen molar-refractivity contribution < 1.29 is 23.5 Å². The van der Waals surface area contributed by atoms with Crippen LogP contribution in [0, 0.1) is 12.7 Å². The van der Waals surface area contributed by atoms with Crippen LogP contribution in [0.2, 0.25) is 0 Å². The summed E-state index contributed by atoms with van der Waals surface area (Å²) in [5.74, 6) is -0.537. The lowest BCUT2D eigenvalue weighted by Crippen LogP contribution is -2.38. The minimum absolute atomic E-state index is 0.162. The molecular weight excluding hydrogens is 371 g/mol. The number of piperidine rings is 1. The van der Waals surface area contributed by atoms with Crippen LogP contribution in [0.3, 0.4) is 0 Å². The molecule has 0 bridgehead atoms. The van der Waals surface area contributed by atoms with Crippen LogP contribution in [-0.2, 0) is 16.1 Å². The molecule has 0 aliphatic carbocycles. The minimum Gasteiger partial charge on any atom is -0.486 e. The van der Waals surface area contributed by atoms with Gasteiger partial charge in [0.05, 0.1) is 5.69 Å². The van der Waals surface area contributed by atoms with Crippen LogP contribution in [-0.4, -0.2) is 41.5 Å². The van der Waals surface area contributed by atoms with E-state index in [1.54, 1.807) is 11.8 Å². The number of rotatable bonds is 6. The van der Waals surface area contributed by atoms with Crippen LogP contribution < -0.4 is 4.74 Å². The van der Waals surface area contributed by atoms with E-state index in [0.29, 0.717) is 21.3 Å². The molecule has 1 aliphatic rings. The Balaban J connectivity index is 1.52. The maximum absolute atomic E-state index is 12.9.